The molecule has 2 rings (SSSR count). The molecule has 0 aliphatic rings. The fourth-order valence-corrected chi connectivity index (χ4v) is 4.64. The summed E-state index contributed by atoms with van der Waals surface area (Å²) in [7, 11) is -4.37. The second-order valence-electron chi connectivity index (χ2n) is 7.25. The highest BCUT2D eigenvalue weighted by molar-refractivity contribution is 7.89. The van der Waals surface area contributed by atoms with Gasteiger partial charge in [0.2, 0.25) is 0 Å². The van der Waals surface area contributed by atoms with Gasteiger partial charge in [-0.15, -0.1) is 0 Å². The number of hydrogen-bond acceptors (Lipinski definition) is 4. The molecule has 0 spiro atoms. The van der Waals surface area contributed by atoms with Crippen LogP contribution in [0, 0.1) is 17.3 Å². The number of carboxylic acid groups (broad SMARTS) is 1. The van der Waals surface area contributed by atoms with Crippen LogP contribution in [0.3, 0.4) is 0 Å². The first-order valence-electron chi connectivity index (χ1n) is 8.61. The van der Waals surface area contributed by atoms with E-state index in [0.29, 0.717) is 15.4 Å². The minimum absolute atomic E-state index is 0.176. The highest BCUT2D eigenvalue weighted by Gasteiger charge is 2.42. The predicted octanol–water partition coefficient (Wildman–Crippen LogP) is 3.49. The van der Waals surface area contributed by atoms with Crippen LogP contribution in [0.15, 0.2) is 59.5 Å². The third-order valence-electron chi connectivity index (χ3n) is 4.06. The van der Waals surface area contributed by atoms with Crippen molar-refractivity contribution < 1.29 is 23.4 Å². The van der Waals surface area contributed by atoms with Gasteiger partial charge in [-0.25, -0.2) is 13.2 Å². The summed E-state index contributed by atoms with van der Waals surface area (Å²) in [6, 6.07) is 13.5. The van der Waals surface area contributed by atoms with Gasteiger partial charge in [0.15, 0.2) is 0 Å². The Kier molecular flexibility index (Phi) is 6.49. The van der Waals surface area contributed by atoms with E-state index in [0.717, 1.165) is 0 Å². The third-order valence-corrected chi connectivity index (χ3v) is 5.80. The molecule has 7 heteroatoms. The van der Waals surface area contributed by atoms with Gasteiger partial charge in [0.05, 0.1) is 10.9 Å². The molecule has 2 aromatic carbocycles. The summed E-state index contributed by atoms with van der Waals surface area (Å²) in [5.41, 5.74) is 0.255. The van der Waals surface area contributed by atoms with Crippen molar-refractivity contribution in [2.45, 2.75) is 31.7 Å². The van der Waals surface area contributed by atoms with Crippen LogP contribution < -0.4 is 0 Å². The second-order valence-corrected chi connectivity index (χ2v) is 9.07. The number of rotatable bonds is 4. The minimum atomic E-state index is -4.37. The van der Waals surface area contributed by atoms with Crippen LogP contribution in [0.2, 0.25) is 0 Å². The lowest BCUT2D eigenvalue weighted by Crippen LogP contribution is -2.44. The van der Waals surface area contributed by atoms with Crippen molar-refractivity contribution in [2.75, 3.05) is 6.61 Å². The average molecular weight is 401 g/mol. The van der Waals surface area contributed by atoms with Gasteiger partial charge in [-0.1, -0.05) is 69.0 Å². The first-order chi connectivity index (χ1) is 13.1. The number of aliphatic hydroxyl groups excluding tert-OH is 1. The monoisotopic (exact) mass is 401 g/mol. The molecule has 0 aliphatic carbocycles. The van der Waals surface area contributed by atoms with Crippen LogP contribution in [0.5, 0.6) is 0 Å². The van der Waals surface area contributed by atoms with Crippen molar-refractivity contribution in [3.63, 3.8) is 0 Å². The second kappa shape index (κ2) is 8.46. The molecular formula is C21H23NO5S. The molecule has 0 aromatic heterocycles. The molecule has 0 radical (unpaired) electrons. The molecule has 2 aromatic rings. The number of carbonyl (C=O) groups is 1. The standard InChI is InChI=1S/C21H23NO5S/c1-21(2,3)19(17-11-5-4-6-12-17)22(20(24)25)28(26,27)18-13-7-9-16(15-18)10-8-14-23/h4-7,9,11-13,15,19,23H,14H2,1-3H3,(H,24,25). The molecule has 0 saturated heterocycles. The normalized spacial score (nSPS) is 12.6. The zero-order valence-corrected chi connectivity index (χ0v) is 16.8. The largest absolute Gasteiger partial charge is 0.464 e. The molecule has 1 atom stereocenters. The molecule has 0 bridgehead atoms. The van der Waals surface area contributed by atoms with Crippen LogP contribution in [-0.4, -0.2) is 35.6 Å². The molecule has 1 unspecified atom stereocenters. The van der Waals surface area contributed by atoms with E-state index in [1.54, 1.807) is 57.2 Å². The van der Waals surface area contributed by atoms with Gasteiger partial charge < -0.3 is 10.2 Å². The zero-order valence-electron chi connectivity index (χ0n) is 16.0. The average Bonchev–Trinajstić information content (AvgIpc) is 2.63. The Hall–Kier alpha value is -2.82. The lowest BCUT2D eigenvalue weighted by molar-refractivity contribution is 0.129. The molecule has 28 heavy (non-hydrogen) atoms. The van der Waals surface area contributed by atoms with Crippen LogP contribution >= 0.6 is 0 Å². The Morgan fingerprint density at radius 3 is 2.29 bits per heavy atom. The number of benzene rings is 2. The maximum atomic E-state index is 13.3. The highest BCUT2D eigenvalue weighted by atomic mass is 32.2. The van der Waals surface area contributed by atoms with Crippen LogP contribution in [0.4, 0.5) is 4.79 Å². The molecule has 0 aliphatic heterocycles. The Bertz CT molecular complexity index is 998. The Morgan fingerprint density at radius 2 is 1.75 bits per heavy atom. The van der Waals surface area contributed by atoms with Gasteiger partial charge in [-0.2, -0.15) is 4.31 Å². The summed E-state index contributed by atoms with van der Waals surface area (Å²) in [6.07, 6.45) is -1.56. The maximum absolute atomic E-state index is 13.3. The molecule has 0 saturated carbocycles. The minimum Gasteiger partial charge on any atom is -0.464 e. The van der Waals surface area contributed by atoms with Crippen LogP contribution in [0.1, 0.15) is 37.9 Å². The quantitative estimate of drug-likeness (QED) is 0.765. The van der Waals surface area contributed by atoms with Crippen molar-refractivity contribution in [1.29, 1.82) is 0 Å². The van der Waals surface area contributed by atoms with E-state index < -0.39 is 27.6 Å². The molecular weight excluding hydrogens is 378 g/mol. The van der Waals surface area contributed by atoms with Crippen molar-refractivity contribution in [3.8, 4) is 11.8 Å². The summed E-state index contributed by atoms with van der Waals surface area (Å²) in [4.78, 5) is 11.9. The van der Waals surface area contributed by atoms with Gasteiger partial charge in [0.25, 0.3) is 10.0 Å². The van der Waals surface area contributed by atoms with E-state index in [9.17, 15) is 18.3 Å². The van der Waals surface area contributed by atoms with Gasteiger partial charge >= 0.3 is 6.09 Å². The van der Waals surface area contributed by atoms with Crippen LogP contribution in [-0.2, 0) is 10.0 Å². The van der Waals surface area contributed by atoms with Crippen molar-refractivity contribution in [2.24, 2.45) is 5.41 Å². The SMILES string of the molecule is CC(C)(C)C(c1ccccc1)N(C(=O)O)S(=O)(=O)c1cccc(C#CCO)c1. The first-order valence-corrected chi connectivity index (χ1v) is 10.0. The molecule has 1 amide bonds. The Balaban J connectivity index is 2.65. The predicted molar refractivity (Wildman–Crippen MR) is 106 cm³/mol. The summed E-state index contributed by atoms with van der Waals surface area (Å²) in [5.74, 6) is 5.08. The maximum Gasteiger partial charge on any atom is 0.421 e. The van der Waals surface area contributed by atoms with E-state index in [4.69, 9.17) is 5.11 Å². The van der Waals surface area contributed by atoms with Gasteiger partial charge in [0.1, 0.15) is 6.61 Å². The smallest absolute Gasteiger partial charge is 0.421 e. The number of aliphatic hydroxyl groups is 1. The summed E-state index contributed by atoms with van der Waals surface area (Å²) in [5, 5.41) is 18.7. The van der Waals surface area contributed by atoms with Gasteiger partial charge in [-0.05, 0) is 29.2 Å². The zero-order chi connectivity index (χ0) is 20.9. The van der Waals surface area contributed by atoms with E-state index in [2.05, 4.69) is 11.8 Å². The van der Waals surface area contributed by atoms with E-state index in [1.807, 2.05) is 0 Å². The van der Waals surface area contributed by atoms with E-state index in [1.165, 1.54) is 18.2 Å². The van der Waals surface area contributed by atoms with Crippen molar-refractivity contribution >= 4 is 16.1 Å². The lowest BCUT2D eigenvalue weighted by Gasteiger charge is -2.38. The van der Waals surface area contributed by atoms with E-state index in [-0.39, 0.29) is 11.5 Å². The molecule has 2 N–H and O–H groups in total. The van der Waals surface area contributed by atoms with Gasteiger partial charge in [0, 0.05) is 5.56 Å². The van der Waals surface area contributed by atoms with Crippen molar-refractivity contribution in [1.82, 2.24) is 4.31 Å². The summed E-state index contributed by atoms with van der Waals surface area (Å²) >= 11 is 0. The van der Waals surface area contributed by atoms with Crippen LogP contribution in [0.25, 0.3) is 0 Å². The molecule has 0 heterocycles. The lowest BCUT2D eigenvalue weighted by atomic mass is 9.82. The number of sulfonamides is 1. The summed E-state index contributed by atoms with van der Waals surface area (Å²) in [6.45, 7) is 5.01. The molecule has 6 nitrogen and oxygen atoms in total. The first kappa shape index (κ1) is 21.5. The fourth-order valence-electron chi connectivity index (χ4n) is 2.96. The molecule has 148 valence electrons. The Labute approximate surface area is 165 Å². The number of hydrogen-bond donors (Lipinski definition) is 2. The fraction of sp³-hybridized carbons (Fsp3) is 0.286. The third kappa shape index (κ3) is 4.71. The van der Waals surface area contributed by atoms with Gasteiger partial charge in [-0.3, -0.25) is 0 Å². The topological polar surface area (TPSA) is 94.9 Å². The number of amides is 1. The highest BCUT2D eigenvalue weighted by Crippen LogP contribution is 2.41. The van der Waals surface area contributed by atoms with E-state index >= 15 is 0 Å². The molecule has 0 fully saturated rings. The Morgan fingerprint density at radius 1 is 1.11 bits per heavy atom. The van der Waals surface area contributed by atoms with Crippen molar-refractivity contribution in [3.05, 3.63) is 65.7 Å². The number of nitrogens with zero attached hydrogens (tertiary/aromatic N) is 1. The summed E-state index contributed by atoms with van der Waals surface area (Å²) < 4.78 is 27.1.